The normalized spacial score (nSPS) is 10.8. The molecule has 5 nitrogen and oxygen atoms in total. The van der Waals surface area contributed by atoms with Gasteiger partial charge in [-0.15, -0.1) is 0 Å². The summed E-state index contributed by atoms with van der Waals surface area (Å²) in [6.07, 6.45) is 2.56. The molecule has 3 rings (SSSR count). The highest BCUT2D eigenvalue weighted by Gasteiger charge is 2.10. The minimum Gasteiger partial charge on any atom is -0.383 e. The number of anilines is 1. The van der Waals surface area contributed by atoms with Crippen molar-refractivity contribution in [1.82, 2.24) is 9.88 Å². The highest BCUT2D eigenvalue weighted by Crippen LogP contribution is 2.25. The van der Waals surface area contributed by atoms with E-state index in [1.807, 2.05) is 30.5 Å². The number of benzene rings is 2. The van der Waals surface area contributed by atoms with E-state index >= 15 is 0 Å². The van der Waals surface area contributed by atoms with Gasteiger partial charge in [-0.1, -0.05) is 30.3 Å². The van der Waals surface area contributed by atoms with Gasteiger partial charge in [-0.3, -0.25) is 0 Å². The maximum Gasteiger partial charge on any atom is 0.319 e. The van der Waals surface area contributed by atoms with Crippen molar-refractivity contribution in [2.24, 2.45) is 0 Å². The van der Waals surface area contributed by atoms with Crippen LogP contribution in [0, 0.1) is 5.82 Å². The highest BCUT2D eigenvalue weighted by atomic mass is 19.1. The molecule has 3 aromatic rings. The first-order valence-electron chi connectivity index (χ1n) is 8.53. The molecule has 0 aliphatic heterocycles. The van der Waals surface area contributed by atoms with E-state index in [4.69, 9.17) is 4.74 Å². The smallest absolute Gasteiger partial charge is 0.319 e. The van der Waals surface area contributed by atoms with Crippen LogP contribution in [-0.2, 0) is 17.7 Å². The first-order valence-corrected chi connectivity index (χ1v) is 8.53. The van der Waals surface area contributed by atoms with Crippen molar-refractivity contribution in [1.29, 1.82) is 0 Å². The number of ether oxygens (including phenoxy) is 1. The van der Waals surface area contributed by atoms with E-state index in [0.29, 0.717) is 26.1 Å². The molecule has 0 unspecified atom stereocenters. The zero-order valence-corrected chi connectivity index (χ0v) is 14.7. The Labute approximate surface area is 151 Å². The Morgan fingerprint density at radius 1 is 1.15 bits per heavy atom. The Morgan fingerprint density at radius 2 is 1.92 bits per heavy atom. The number of para-hydroxylation sites is 1. The largest absolute Gasteiger partial charge is 0.383 e. The van der Waals surface area contributed by atoms with Gasteiger partial charge in [0.15, 0.2) is 0 Å². The molecule has 0 fully saturated rings. The molecule has 2 aromatic carbocycles. The molecule has 0 saturated heterocycles. The van der Waals surface area contributed by atoms with Crippen molar-refractivity contribution in [2.45, 2.75) is 13.0 Å². The first-order chi connectivity index (χ1) is 12.7. The van der Waals surface area contributed by atoms with Gasteiger partial charge in [-0.05, 0) is 30.2 Å². The molecule has 0 spiro atoms. The van der Waals surface area contributed by atoms with Crippen molar-refractivity contribution < 1.29 is 13.9 Å². The SMILES string of the molecule is COCCn1cc(NC(=O)NCCc2ccc(F)cc2)c2ccccc21. The molecule has 136 valence electrons. The zero-order chi connectivity index (χ0) is 18.4. The van der Waals surface area contributed by atoms with Crippen LogP contribution in [-0.4, -0.2) is 30.9 Å². The van der Waals surface area contributed by atoms with Crippen LogP contribution in [0.4, 0.5) is 14.9 Å². The summed E-state index contributed by atoms with van der Waals surface area (Å²) < 4.78 is 20.1. The van der Waals surface area contributed by atoms with Gasteiger partial charge in [0.1, 0.15) is 5.82 Å². The molecule has 1 heterocycles. The molecule has 26 heavy (non-hydrogen) atoms. The van der Waals surface area contributed by atoms with E-state index < -0.39 is 0 Å². The summed E-state index contributed by atoms with van der Waals surface area (Å²) in [7, 11) is 1.67. The van der Waals surface area contributed by atoms with E-state index in [-0.39, 0.29) is 11.8 Å². The summed E-state index contributed by atoms with van der Waals surface area (Å²) in [5.74, 6) is -0.260. The number of carbonyl (C=O) groups is 1. The monoisotopic (exact) mass is 355 g/mol. The number of methoxy groups -OCH3 is 1. The number of carbonyl (C=O) groups excluding carboxylic acids is 1. The second-order valence-corrected chi connectivity index (χ2v) is 6.00. The molecule has 0 aliphatic rings. The van der Waals surface area contributed by atoms with Gasteiger partial charge in [0.2, 0.25) is 0 Å². The lowest BCUT2D eigenvalue weighted by Gasteiger charge is -2.07. The molecule has 0 aliphatic carbocycles. The number of rotatable bonds is 7. The third kappa shape index (κ3) is 4.40. The Bertz CT molecular complexity index is 874. The number of hydrogen-bond donors (Lipinski definition) is 2. The predicted octanol–water partition coefficient (Wildman–Crippen LogP) is 3.79. The lowest BCUT2D eigenvalue weighted by molar-refractivity contribution is 0.188. The third-order valence-electron chi connectivity index (χ3n) is 4.19. The second-order valence-electron chi connectivity index (χ2n) is 6.00. The molecule has 2 amide bonds. The second kappa shape index (κ2) is 8.49. The van der Waals surface area contributed by atoms with Crippen LogP contribution >= 0.6 is 0 Å². The number of aromatic nitrogens is 1. The lowest BCUT2D eigenvalue weighted by Crippen LogP contribution is -2.30. The molecule has 2 N–H and O–H groups in total. The molecule has 0 radical (unpaired) electrons. The van der Waals surface area contributed by atoms with Crippen molar-refractivity contribution in [3.63, 3.8) is 0 Å². The van der Waals surface area contributed by atoms with Gasteiger partial charge in [0, 0.05) is 31.8 Å². The summed E-state index contributed by atoms with van der Waals surface area (Å²) >= 11 is 0. The summed E-state index contributed by atoms with van der Waals surface area (Å²) in [5, 5.41) is 6.72. The Hall–Kier alpha value is -2.86. The Balaban J connectivity index is 1.61. The summed E-state index contributed by atoms with van der Waals surface area (Å²) in [6.45, 7) is 1.78. The Kier molecular flexibility index (Phi) is 5.86. The minimum atomic E-state index is -0.262. The maximum atomic E-state index is 12.9. The van der Waals surface area contributed by atoms with Crippen molar-refractivity contribution in [3.05, 3.63) is 66.1 Å². The van der Waals surface area contributed by atoms with Gasteiger partial charge in [0.25, 0.3) is 0 Å². The topological polar surface area (TPSA) is 55.3 Å². The molecular formula is C20H22FN3O2. The van der Waals surface area contributed by atoms with Gasteiger partial charge < -0.3 is 19.9 Å². The van der Waals surface area contributed by atoms with E-state index in [1.165, 1.54) is 12.1 Å². The quantitative estimate of drug-likeness (QED) is 0.677. The van der Waals surface area contributed by atoms with E-state index in [1.54, 1.807) is 19.2 Å². The number of fused-ring (bicyclic) bond motifs is 1. The lowest BCUT2D eigenvalue weighted by atomic mass is 10.1. The summed E-state index contributed by atoms with van der Waals surface area (Å²) in [5.41, 5.74) is 2.78. The molecule has 0 atom stereocenters. The predicted molar refractivity (Wildman–Crippen MR) is 101 cm³/mol. The van der Waals surface area contributed by atoms with Crippen LogP contribution in [0.5, 0.6) is 0 Å². The highest BCUT2D eigenvalue weighted by molar-refractivity contribution is 6.01. The number of amides is 2. The van der Waals surface area contributed by atoms with Crippen LogP contribution in [0.25, 0.3) is 10.9 Å². The van der Waals surface area contributed by atoms with Crippen LogP contribution < -0.4 is 10.6 Å². The van der Waals surface area contributed by atoms with Crippen LogP contribution in [0.1, 0.15) is 5.56 Å². The standard InChI is InChI=1S/C20H22FN3O2/c1-26-13-12-24-14-18(17-4-2-3-5-19(17)24)23-20(25)22-11-10-15-6-8-16(21)9-7-15/h2-9,14H,10-13H2,1H3,(H2,22,23,25). The fourth-order valence-corrected chi connectivity index (χ4v) is 2.86. The first kappa shape index (κ1) is 17.9. The fourth-order valence-electron chi connectivity index (χ4n) is 2.86. The van der Waals surface area contributed by atoms with Crippen molar-refractivity contribution >= 4 is 22.6 Å². The average Bonchev–Trinajstić information content (AvgIpc) is 2.99. The zero-order valence-electron chi connectivity index (χ0n) is 14.7. The van der Waals surface area contributed by atoms with Gasteiger partial charge in [0.05, 0.1) is 17.8 Å². The van der Waals surface area contributed by atoms with Gasteiger partial charge in [-0.2, -0.15) is 0 Å². The van der Waals surface area contributed by atoms with Crippen molar-refractivity contribution in [2.75, 3.05) is 25.6 Å². The number of nitrogens with zero attached hydrogens (tertiary/aromatic N) is 1. The van der Waals surface area contributed by atoms with Crippen molar-refractivity contribution in [3.8, 4) is 0 Å². The van der Waals surface area contributed by atoms with Crippen LogP contribution in [0.15, 0.2) is 54.7 Å². The number of hydrogen-bond acceptors (Lipinski definition) is 2. The summed E-state index contributed by atoms with van der Waals surface area (Å²) in [4.78, 5) is 12.2. The molecule has 6 heteroatoms. The number of urea groups is 1. The molecular weight excluding hydrogens is 333 g/mol. The van der Waals surface area contributed by atoms with Gasteiger partial charge >= 0.3 is 6.03 Å². The van der Waals surface area contributed by atoms with Crippen LogP contribution in [0.2, 0.25) is 0 Å². The number of nitrogens with one attached hydrogen (secondary N) is 2. The maximum absolute atomic E-state index is 12.9. The van der Waals surface area contributed by atoms with Gasteiger partial charge in [-0.25, -0.2) is 9.18 Å². The van der Waals surface area contributed by atoms with E-state index in [0.717, 1.165) is 22.2 Å². The molecule has 0 saturated carbocycles. The average molecular weight is 355 g/mol. The molecule has 1 aromatic heterocycles. The van der Waals surface area contributed by atoms with E-state index in [2.05, 4.69) is 15.2 Å². The number of halogens is 1. The van der Waals surface area contributed by atoms with E-state index in [9.17, 15) is 9.18 Å². The fraction of sp³-hybridized carbons (Fsp3) is 0.250. The third-order valence-corrected chi connectivity index (χ3v) is 4.19. The van der Waals surface area contributed by atoms with Crippen LogP contribution in [0.3, 0.4) is 0 Å². The minimum absolute atomic E-state index is 0.260. The Morgan fingerprint density at radius 3 is 2.69 bits per heavy atom. The molecule has 0 bridgehead atoms. The summed E-state index contributed by atoms with van der Waals surface area (Å²) in [6, 6.07) is 13.9.